The monoisotopic (exact) mass is 363 g/mol. The second-order valence-corrected chi connectivity index (χ2v) is 8.07. The number of sulfonamides is 1. The molecule has 1 aromatic heterocycles. The Morgan fingerprint density at radius 1 is 1.36 bits per heavy atom. The highest BCUT2D eigenvalue weighted by atomic mass is 32.2. The Kier molecular flexibility index (Phi) is 4.80. The summed E-state index contributed by atoms with van der Waals surface area (Å²) in [5, 5.41) is 3.76. The summed E-state index contributed by atoms with van der Waals surface area (Å²) < 4.78 is 30.2. The second-order valence-electron chi connectivity index (χ2n) is 6.16. The molecule has 0 unspecified atom stereocenters. The topological polar surface area (TPSA) is 83.7 Å². The van der Waals surface area contributed by atoms with Crippen molar-refractivity contribution in [1.29, 1.82) is 0 Å². The summed E-state index contributed by atoms with van der Waals surface area (Å²) >= 11 is 0. The van der Waals surface area contributed by atoms with Crippen LogP contribution in [0.5, 0.6) is 0 Å². The van der Waals surface area contributed by atoms with Crippen LogP contribution in [0.3, 0.4) is 0 Å². The average molecular weight is 363 g/mol. The van der Waals surface area contributed by atoms with E-state index in [-0.39, 0.29) is 24.7 Å². The zero-order valence-corrected chi connectivity index (χ0v) is 15.1. The van der Waals surface area contributed by atoms with Crippen LogP contribution >= 0.6 is 0 Å². The van der Waals surface area contributed by atoms with Crippen molar-refractivity contribution in [3.63, 3.8) is 0 Å². The van der Waals surface area contributed by atoms with E-state index in [1.165, 1.54) is 0 Å². The third kappa shape index (κ3) is 3.84. The van der Waals surface area contributed by atoms with Gasteiger partial charge in [-0.1, -0.05) is 23.4 Å². The van der Waals surface area contributed by atoms with Gasteiger partial charge in [-0.05, 0) is 31.4 Å². The van der Waals surface area contributed by atoms with E-state index in [1.54, 1.807) is 17.9 Å². The van der Waals surface area contributed by atoms with Gasteiger partial charge in [0, 0.05) is 31.3 Å². The number of anilines is 2. The Balaban J connectivity index is 1.75. The number of carbonyl (C=O) groups excluding carboxylic acids is 1. The summed E-state index contributed by atoms with van der Waals surface area (Å²) in [6.45, 7) is 2.37. The lowest BCUT2D eigenvalue weighted by atomic mass is 10.0. The summed E-state index contributed by atoms with van der Waals surface area (Å²) in [5.74, 6) is 0.618. The minimum Gasteiger partial charge on any atom is -0.360 e. The number of aromatic nitrogens is 1. The normalized spacial score (nSPS) is 14.2. The minimum atomic E-state index is -3.55. The standard InChI is InChI=1S/C17H21N3O4S/c1-13-12-16(18-24-13)20(25(2,22)23)11-9-17(21)19-10-5-7-14-6-3-4-8-15(14)19/h3-4,6,8,12H,5,7,9-11H2,1-2H3. The maximum absolute atomic E-state index is 12.7. The molecule has 8 heteroatoms. The van der Waals surface area contributed by atoms with Crippen LogP contribution in [0.1, 0.15) is 24.2 Å². The molecule has 1 amide bonds. The molecule has 2 heterocycles. The first-order chi connectivity index (χ1) is 11.9. The van der Waals surface area contributed by atoms with Gasteiger partial charge in [0.05, 0.1) is 6.26 Å². The van der Waals surface area contributed by atoms with Crippen molar-refractivity contribution in [1.82, 2.24) is 5.16 Å². The number of hydrogen-bond acceptors (Lipinski definition) is 5. The zero-order valence-electron chi connectivity index (χ0n) is 14.3. The van der Waals surface area contributed by atoms with Gasteiger partial charge in [-0.3, -0.25) is 9.10 Å². The van der Waals surface area contributed by atoms with Gasteiger partial charge in [-0.15, -0.1) is 0 Å². The first-order valence-electron chi connectivity index (χ1n) is 8.15. The van der Waals surface area contributed by atoms with Crippen LogP contribution in [0, 0.1) is 6.92 Å². The minimum absolute atomic E-state index is 0.0301. The van der Waals surface area contributed by atoms with E-state index in [1.807, 2.05) is 24.3 Å². The Morgan fingerprint density at radius 3 is 2.80 bits per heavy atom. The molecule has 0 atom stereocenters. The van der Waals surface area contributed by atoms with Gasteiger partial charge in [0.1, 0.15) is 5.76 Å². The Labute approximate surface area is 147 Å². The molecule has 0 spiro atoms. The number of para-hydroxylation sites is 1. The second kappa shape index (κ2) is 6.87. The van der Waals surface area contributed by atoms with Crippen molar-refractivity contribution < 1.29 is 17.7 Å². The molecule has 1 aliphatic heterocycles. The fourth-order valence-corrected chi connectivity index (χ4v) is 3.89. The van der Waals surface area contributed by atoms with E-state index in [2.05, 4.69) is 5.16 Å². The molecule has 0 saturated heterocycles. The van der Waals surface area contributed by atoms with Crippen LogP contribution in [0.4, 0.5) is 11.5 Å². The summed E-state index contributed by atoms with van der Waals surface area (Å²) in [6, 6.07) is 9.37. The maximum Gasteiger partial charge on any atom is 0.233 e. The van der Waals surface area contributed by atoms with Crippen molar-refractivity contribution in [3.05, 3.63) is 41.7 Å². The molecular formula is C17H21N3O4S. The first kappa shape index (κ1) is 17.5. The van der Waals surface area contributed by atoms with Crippen LogP contribution < -0.4 is 9.21 Å². The number of benzene rings is 1. The number of fused-ring (bicyclic) bond motifs is 1. The molecule has 0 fully saturated rings. The number of amides is 1. The lowest BCUT2D eigenvalue weighted by molar-refractivity contribution is -0.118. The fraction of sp³-hybridized carbons (Fsp3) is 0.412. The molecule has 1 aliphatic rings. The van der Waals surface area contributed by atoms with Crippen LogP contribution in [0.2, 0.25) is 0 Å². The Morgan fingerprint density at radius 2 is 2.12 bits per heavy atom. The number of nitrogens with zero attached hydrogens (tertiary/aromatic N) is 3. The predicted molar refractivity (Wildman–Crippen MR) is 95.2 cm³/mol. The summed E-state index contributed by atoms with van der Waals surface area (Å²) in [7, 11) is -3.55. The zero-order chi connectivity index (χ0) is 18.0. The Hall–Kier alpha value is -2.35. The van der Waals surface area contributed by atoms with E-state index in [0.29, 0.717) is 12.3 Å². The lowest BCUT2D eigenvalue weighted by Crippen LogP contribution is -2.39. The summed E-state index contributed by atoms with van der Waals surface area (Å²) in [5.41, 5.74) is 2.07. The number of aryl methyl sites for hydroxylation is 2. The molecule has 134 valence electrons. The van der Waals surface area contributed by atoms with Gasteiger partial charge < -0.3 is 9.42 Å². The average Bonchev–Trinajstić information content (AvgIpc) is 2.99. The SMILES string of the molecule is Cc1cc(N(CCC(=O)N2CCCc3ccccc32)S(C)(=O)=O)no1. The molecule has 1 aromatic carbocycles. The molecule has 0 aliphatic carbocycles. The van der Waals surface area contributed by atoms with Crippen molar-refractivity contribution in [3.8, 4) is 0 Å². The van der Waals surface area contributed by atoms with E-state index in [9.17, 15) is 13.2 Å². The maximum atomic E-state index is 12.7. The van der Waals surface area contributed by atoms with Gasteiger partial charge in [0.15, 0.2) is 5.82 Å². The molecule has 0 N–H and O–H groups in total. The number of carbonyl (C=O) groups is 1. The largest absolute Gasteiger partial charge is 0.360 e. The molecule has 25 heavy (non-hydrogen) atoms. The summed E-state index contributed by atoms with van der Waals surface area (Å²) in [6.07, 6.45) is 3.03. The predicted octanol–water partition coefficient (Wildman–Crippen LogP) is 2.12. The van der Waals surface area contributed by atoms with Crippen molar-refractivity contribution in [2.75, 3.05) is 28.6 Å². The van der Waals surface area contributed by atoms with Crippen molar-refractivity contribution in [2.24, 2.45) is 0 Å². The molecular weight excluding hydrogens is 342 g/mol. The van der Waals surface area contributed by atoms with Crippen molar-refractivity contribution in [2.45, 2.75) is 26.2 Å². The van der Waals surface area contributed by atoms with Gasteiger partial charge in [0.2, 0.25) is 15.9 Å². The van der Waals surface area contributed by atoms with Gasteiger partial charge in [-0.25, -0.2) is 8.42 Å². The molecule has 0 bridgehead atoms. The molecule has 3 rings (SSSR count). The van der Waals surface area contributed by atoms with Gasteiger partial charge in [0.25, 0.3) is 0 Å². The van der Waals surface area contributed by atoms with E-state index in [4.69, 9.17) is 4.52 Å². The lowest BCUT2D eigenvalue weighted by Gasteiger charge is -2.30. The van der Waals surface area contributed by atoms with E-state index < -0.39 is 10.0 Å². The molecule has 0 radical (unpaired) electrons. The first-order valence-corrected chi connectivity index (χ1v) is 10.0. The third-order valence-electron chi connectivity index (χ3n) is 4.21. The molecule has 7 nitrogen and oxygen atoms in total. The van der Waals surface area contributed by atoms with Crippen LogP contribution in [0.25, 0.3) is 0 Å². The van der Waals surface area contributed by atoms with Crippen LogP contribution in [-0.4, -0.2) is 38.8 Å². The highest BCUT2D eigenvalue weighted by molar-refractivity contribution is 7.92. The third-order valence-corrected chi connectivity index (χ3v) is 5.38. The van der Waals surface area contributed by atoms with Crippen molar-refractivity contribution >= 4 is 27.4 Å². The fourth-order valence-electron chi connectivity index (χ4n) is 3.05. The van der Waals surface area contributed by atoms with Gasteiger partial charge >= 0.3 is 0 Å². The van der Waals surface area contributed by atoms with E-state index in [0.717, 1.165) is 34.7 Å². The molecule has 2 aromatic rings. The number of rotatable bonds is 5. The van der Waals surface area contributed by atoms with Gasteiger partial charge in [-0.2, -0.15) is 0 Å². The van der Waals surface area contributed by atoms with Crippen LogP contribution in [-0.2, 0) is 21.2 Å². The van der Waals surface area contributed by atoms with E-state index >= 15 is 0 Å². The molecule has 0 saturated carbocycles. The smallest absolute Gasteiger partial charge is 0.233 e. The number of hydrogen-bond donors (Lipinski definition) is 0. The highest BCUT2D eigenvalue weighted by Gasteiger charge is 2.26. The summed E-state index contributed by atoms with van der Waals surface area (Å²) in [4.78, 5) is 14.4. The van der Waals surface area contributed by atoms with Crippen LogP contribution in [0.15, 0.2) is 34.9 Å². The quantitative estimate of drug-likeness (QED) is 0.812. The Bertz CT molecular complexity index is 876. The highest BCUT2D eigenvalue weighted by Crippen LogP contribution is 2.27.